The van der Waals surface area contributed by atoms with Gasteiger partial charge in [-0.15, -0.1) is 0 Å². The van der Waals surface area contributed by atoms with Crippen molar-refractivity contribution in [2.75, 3.05) is 0 Å². The summed E-state index contributed by atoms with van der Waals surface area (Å²) in [6.07, 6.45) is -13.9. The first-order valence-electron chi connectivity index (χ1n) is 4.42. The van der Waals surface area contributed by atoms with Crippen molar-refractivity contribution in [1.82, 2.24) is 9.80 Å². The molecule has 0 aliphatic rings. The molecule has 0 spiro atoms. The Morgan fingerprint density at radius 1 is 0.455 bits per heavy atom. The molecule has 0 aromatic rings. The van der Waals surface area contributed by atoms with E-state index in [4.69, 9.17) is 0 Å². The van der Waals surface area contributed by atoms with E-state index >= 15 is 0 Å². The predicted octanol–water partition coefficient (Wildman–Crippen LogP) is 4.26. The molecule has 0 fully saturated rings. The summed E-state index contributed by atoms with van der Waals surface area (Å²) in [6.45, 7) is -10.9. The van der Waals surface area contributed by atoms with Crippen molar-refractivity contribution in [3.8, 4) is 0 Å². The molecule has 0 radical (unpaired) electrons. The second-order valence-electron chi connectivity index (χ2n) is 3.31. The molecule has 0 aliphatic heterocycles. The Morgan fingerprint density at radius 2 is 0.636 bits per heavy atom. The molecule has 0 atom stereocenters. The van der Waals surface area contributed by atoms with Gasteiger partial charge in [-0.05, 0) is 0 Å². The minimum Gasteiger partial charge on any atom is -0.191 e. The summed E-state index contributed by atoms with van der Waals surface area (Å²) in [5, 5.41) is 0. The van der Waals surface area contributed by atoms with Crippen molar-refractivity contribution in [3.05, 3.63) is 0 Å². The van der Waals surface area contributed by atoms with Gasteiger partial charge in [-0.2, -0.15) is 61.5 Å². The highest BCUT2D eigenvalue weighted by molar-refractivity contribution is 4.88. The molecule has 0 bridgehead atoms. The third kappa shape index (κ3) is 3.82. The predicted molar refractivity (Wildman–Crippen MR) is 37.7 cm³/mol. The molecule has 0 aromatic carbocycles. The van der Waals surface area contributed by atoms with Crippen molar-refractivity contribution < 1.29 is 61.5 Å². The maximum absolute atomic E-state index is 12.9. The number of rotatable bonds is 5. The number of hydrogen-bond donors (Lipinski definition) is 0. The van der Waals surface area contributed by atoms with Crippen LogP contribution in [0.1, 0.15) is 0 Å². The lowest BCUT2D eigenvalue weighted by Gasteiger charge is -2.40. The molecule has 0 N–H and O–H groups in total. The van der Waals surface area contributed by atoms with Gasteiger partial charge in [0.2, 0.25) is 0 Å². The van der Waals surface area contributed by atoms with Crippen LogP contribution in [0.5, 0.6) is 0 Å². The summed E-state index contributed by atoms with van der Waals surface area (Å²) in [6, 6.07) is -14.7. The number of alkyl halides is 14. The van der Waals surface area contributed by atoms with Crippen LogP contribution in [0, 0.1) is 0 Å². The summed E-state index contributed by atoms with van der Waals surface area (Å²) < 4.78 is 170. The van der Waals surface area contributed by atoms with Gasteiger partial charge in [0.15, 0.2) is 0 Å². The Labute approximate surface area is 110 Å². The SMILES string of the molecule is FC(F)N(C(F)(F)F)C(F)(F)C(F)(F)N(C(F)F)C(F)(F)F. The molecule has 0 saturated heterocycles. The zero-order valence-corrected chi connectivity index (χ0v) is 9.34. The van der Waals surface area contributed by atoms with Gasteiger partial charge in [0.25, 0.3) is 0 Å². The minimum atomic E-state index is -7.37. The fraction of sp³-hybridized carbons (Fsp3) is 1.00. The normalized spacial score (nSPS) is 15.5. The lowest BCUT2D eigenvalue weighted by molar-refractivity contribution is -0.479. The van der Waals surface area contributed by atoms with E-state index < -0.39 is 47.6 Å². The number of halogens is 14. The fourth-order valence-corrected chi connectivity index (χ4v) is 1.07. The van der Waals surface area contributed by atoms with E-state index in [9.17, 15) is 61.5 Å². The molecule has 22 heavy (non-hydrogen) atoms. The molecule has 0 heterocycles. The van der Waals surface area contributed by atoms with Crippen LogP contribution in [-0.4, -0.2) is 47.6 Å². The summed E-state index contributed by atoms with van der Waals surface area (Å²) in [7, 11) is 0. The quantitative estimate of drug-likeness (QED) is 0.529. The van der Waals surface area contributed by atoms with Crippen molar-refractivity contribution >= 4 is 0 Å². The van der Waals surface area contributed by atoms with Crippen molar-refractivity contribution in [2.24, 2.45) is 0 Å². The standard InChI is InChI=1S/C6H2F14N2/c7-1(8)21(5(15,16)17)3(11,12)4(13,14)22(2(9)10)6(18,19)20/h1-2H. The largest absolute Gasteiger partial charge is 0.469 e. The molecule has 0 rings (SSSR count). The van der Waals surface area contributed by atoms with Crippen LogP contribution in [0.25, 0.3) is 0 Å². The second-order valence-corrected chi connectivity index (χ2v) is 3.31. The van der Waals surface area contributed by atoms with Crippen molar-refractivity contribution in [2.45, 2.75) is 37.8 Å². The van der Waals surface area contributed by atoms with E-state index in [2.05, 4.69) is 0 Å². The first-order chi connectivity index (χ1) is 9.38. The molecular formula is C6H2F14N2. The van der Waals surface area contributed by atoms with Gasteiger partial charge < -0.3 is 0 Å². The van der Waals surface area contributed by atoms with Gasteiger partial charge in [0.05, 0.1) is 0 Å². The summed E-state index contributed by atoms with van der Waals surface area (Å²) in [5.74, 6) is 0. The van der Waals surface area contributed by atoms with Crippen LogP contribution in [0.3, 0.4) is 0 Å². The Hall–Kier alpha value is -1.06. The minimum absolute atomic E-state index is 3.57. The van der Waals surface area contributed by atoms with Gasteiger partial charge in [0, 0.05) is 0 Å². The molecule has 2 nitrogen and oxygen atoms in total. The average Bonchev–Trinajstić information content (AvgIpc) is 2.07. The summed E-state index contributed by atoms with van der Waals surface area (Å²) >= 11 is 0. The third-order valence-corrected chi connectivity index (χ3v) is 1.90. The van der Waals surface area contributed by atoms with Crippen molar-refractivity contribution in [1.29, 1.82) is 0 Å². The van der Waals surface area contributed by atoms with E-state index in [1.165, 1.54) is 0 Å². The molecule has 0 unspecified atom stereocenters. The van der Waals surface area contributed by atoms with Crippen LogP contribution in [0.2, 0.25) is 0 Å². The zero-order valence-electron chi connectivity index (χ0n) is 9.34. The van der Waals surface area contributed by atoms with E-state index in [1.807, 2.05) is 0 Å². The number of nitrogens with zero attached hydrogens (tertiary/aromatic N) is 2. The molecule has 134 valence electrons. The Morgan fingerprint density at radius 3 is 0.727 bits per heavy atom. The molecular weight excluding hydrogens is 366 g/mol. The lowest BCUT2D eigenvalue weighted by Crippen LogP contribution is -2.69. The Balaban J connectivity index is 6.11. The maximum Gasteiger partial charge on any atom is 0.469 e. The summed E-state index contributed by atoms with van der Waals surface area (Å²) in [5.41, 5.74) is 0. The Bertz CT molecular complexity index is 333. The highest BCUT2D eigenvalue weighted by Crippen LogP contribution is 2.49. The van der Waals surface area contributed by atoms with E-state index in [-0.39, 0.29) is 0 Å². The smallest absolute Gasteiger partial charge is 0.191 e. The van der Waals surface area contributed by atoms with E-state index in [0.717, 1.165) is 0 Å². The second kappa shape index (κ2) is 5.86. The van der Waals surface area contributed by atoms with Gasteiger partial charge in [0.1, 0.15) is 0 Å². The van der Waals surface area contributed by atoms with E-state index in [1.54, 1.807) is 0 Å². The van der Waals surface area contributed by atoms with Crippen molar-refractivity contribution in [3.63, 3.8) is 0 Å². The molecule has 16 heteroatoms. The topological polar surface area (TPSA) is 6.48 Å². The highest BCUT2D eigenvalue weighted by Gasteiger charge is 2.76. The highest BCUT2D eigenvalue weighted by atomic mass is 19.4. The number of hydrogen-bond acceptors (Lipinski definition) is 2. The third-order valence-electron chi connectivity index (χ3n) is 1.90. The van der Waals surface area contributed by atoms with Gasteiger partial charge in [-0.1, -0.05) is 9.80 Å². The van der Waals surface area contributed by atoms with Crippen LogP contribution < -0.4 is 0 Å². The fourth-order valence-electron chi connectivity index (χ4n) is 1.07. The van der Waals surface area contributed by atoms with Gasteiger partial charge >= 0.3 is 37.8 Å². The molecule has 0 aromatic heterocycles. The van der Waals surface area contributed by atoms with Crippen LogP contribution in [0.4, 0.5) is 61.5 Å². The molecule has 0 aliphatic carbocycles. The van der Waals surface area contributed by atoms with Gasteiger partial charge in [-0.3, -0.25) is 0 Å². The zero-order chi connectivity index (χ0) is 18.3. The van der Waals surface area contributed by atoms with E-state index in [0.29, 0.717) is 0 Å². The average molecular weight is 368 g/mol. The first-order valence-corrected chi connectivity index (χ1v) is 4.42. The van der Waals surface area contributed by atoms with Crippen LogP contribution in [-0.2, 0) is 0 Å². The summed E-state index contributed by atoms with van der Waals surface area (Å²) in [4.78, 5) is -7.14. The Kier molecular flexibility index (Phi) is 5.58. The van der Waals surface area contributed by atoms with Gasteiger partial charge in [-0.25, -0.2) is 0 Å². The monoisotopic (exact) mass is 368 g/mol. The lowest BCUT2D eigenvalue weighted by atomic mass is 10.3. The molecule has 0 amide bonds. The molecule has 0 saturated carbocycles. The van der Waals surface area contributed by atoms with Crippen LogP contribution in [0.15, 0.2) is 0 Å². The maximum atomic E-state index is 12.9. The van der Waals surface area contributed by atoms with Crippen LogP contribution >= 0.6 is 0 Å². The first kappa shape index (κ1) is 20.9.